The molecule has 0 fully saturated rings. The summed E-state index contributed by atoms with van der Waals surface area (Å²) in [6.07, 6.45) is 0. The summed E-state index contributed by atoms with van der Waals surface area (Å²) in [5.74, 6) is 0.751. The Morgan fingerprint density at radius 3 is 2.35 bits per heavy atom. The SMILES string of the molecule is Cc1nc(C)c2c(CO)c(C(C)(C)C)[nH]c2n1. The molecule has 4 heteroatoms. The lowest BCUT2D eigenvalue weighted by Crippen LogP contribution is -2.14. The Hall–Kier alpha value is -1.42. The lowest BCUT2D eigenvalue weighted by molar-refractivity contribution is 0.280. The normalized spacial score (nSPS) is 12.4. The van der Waals surface area contributed by atoms with Gasteiger partial charge in [-0.2, -0.15) is 0 Å². The van der Waals surface area contributed by atoms with Crippen molar-refractivity contribution in [1.82, 2.24) is 15.0 Å². The van der Waals surface area contributed by atoms with Crippen LogP contribution in [0.25, 0.3) is 11.0 Å². The Labute approximate surface area is 101 Å². The fourth-order valence-electron chi connectivity index (χ4n) is 2.28. The number of aryl methyl sites for hydroxylation is 2. The number of hydrogen-bond donors (Lipinski definition) is 2. The molecule has 2 rings (SSSR count). The molecule has 2 aromatic rings. The minimum absolute atomic E-state index is 0.0138. The van der Waals surface area contributed by atoms with Gasteiger partial charge in [-0.1, -0.05) is 20.8 Å². The van der Waals surface area contributed by atoms with Gasteiger partial charge in [0.1, 0.15) is 11.5 Å². The van der Waals surface area contributed by atoms with Crippen LogP contribution < -0.4 is 0 Å². The van der Waals surface area contributed by atoms with E-state index >= 15 is 0 Å². The highest BCUT2D eigenvalue weighted by Gasteiger charge is 2.23. The maximum absolute atomic E-state index is 9.59. The largest absolute Gasteiger partial charge is 0.392 e. The molecule has 92 valence electrons. The highest BCUT2D eigenvalue weighted by Crippen LogP contribution is 2.31. The first-order chi connectivity index (χ1) is 7.84. The van der Waals surface area contributed by atoms with Crippen LogP contribution in [0.4, 0.5) is 0 Å². The van der Waals surface area contributed by atoms with Gasteiger partial charge in [-0.05, 0) is 13.8 Å². The number of nitrogens with one attached hydrogen (secondary N) is 1. The zero-order valence-corrected chi connectivity index (χ0v) is 11.0. The van der Waals surface area contributed by atoms with Crippen molar-refractivity contribution >= 4 is 11.0 Å². The van der Waals surface area contributed by atoms with E-state index in [1.54, 1.807) is 0 Å². The van der Waals surface area contributed by atoms with E-state index in [9.17, 15) is 5.11 Å². The zero-order valence-electron chi connectivity index (χ0n) is 11.0. The van der Waals surface area contributed by atoms with Gasteiger partial charge in [0.15, 0.2) is 0 Å². The first-order valence-corrected chi connectivity index (χ1v) is 5.81. The third-order valence-electron chi connectivity index (χ3n) is 2.96. The second-order valence-corrected chi connectivity index (χ2v) is 5.47. The summed E-state index contributed by atoms with van der Waals surface area (Å²) in [5, 5.41) is 10.5. The molecule has 0 spiro atoms. The Bertz CT molecular complexity index is 564. The zero-order chi connectivity index (χ0) is 12.8. The summed E-state index contributed by atoms with van der Waals surface area (Å²) in [7, 11) is 0. The molecule has 0 unspecified atom stereocenters. The van der Waals surface area contributed by atoms with Gasteiger partial charge in [-0.3, -0.25) is 0 Å². The molecule has 0 aromatic carbocycles. The number of aromatic amines is 1. The summed E-state index contributed by atoms with van der Waals surface area (Å²) in [6, 6.07) is 0. The van der Waals surface area contributed by atoms with Crippen LogP contribution in [0.1, 0.15) is 43.5 Å². The van der Waals surface area contributed by atoms with Crippen molar-refractivity contribution in [3.05, 3.63) is 22.8 Å². The van der Waals surface area contributed by atoms with Crippen LogP contribution in [0, 0.1) is 13.8 Å². The van der Waals surface area contributed by atoms with Crippen molar-refractivity contribution < 1.29 is 5.11 Å². The predicted octanol–water partition coefficient (Wildman–Crippen LogP) is 2.36. The molecule has 0 aliphatic heterocycles. The number of rotatable bonds is 1. The molecule has 0 aliphatic rings. The molecule has 0 amide bonds. The van der Waals surface area contributed by atoms with Crippen molar-refractivity contribution in [2.75, 3.05) is 0 Å². The second-order valence-electron chi connectivity index (χ2n) is 5.47. The Morgan fingerprint density at radius 1 is 1.18 bits per heavy atom. The Balaban J connectivity index is 2.85. The molecule has 2 aromatic heterocycles. The Morgan fingerprint density at radius 2 is 1.82 bits per heavy atom. The number of aromatic nitrogens is 3. The maximum Gasteiger partial charge on any atom is 0.141 e. The third-order valence-corrected chi connectivity index (χ3v) is 2.96. The number of hydrogen-bond acceptors (Lipinski definition) is 3. The minimum Gasteiger partial charge on any atom is -0.392 e. The molecule has 0 radical (unpaired) electrons. The molecular formula is C13H19N3O. The van der Waals surface area contributed by atoms with Gasteiger partial charge < -0.3 is 10.1 Å². The lowest BCUT2D eigenvalue weighted by atomic mass is 9.89. The molecule has 4 nitrogen and oxygen atoms in total. The third kappa shape index (κ3) is 1.93. The van der Waals surface area contributed by atoms with Gasteiger partial charge in [0.05, 0.1) is 12.3 Å². The smallest absolute Gasteiger partial charge is 0.141 e. The first kappa shape index (κ1) is 12.0. The van der Waals surface area contributed by atoms with E-state index in [4.69, 9.17) is 0 Å². The molecule has 0 saturated carbocycles. The van der Waals surface area contributed by atoms with E-state index in [-0.39, 0.29) is 12.0 Å². The average Bonchev–Trinajstić information content (AvgIpc) is 2.55. The van der Waals surface area contributed by atoms with Crippen molar-refractivity contribution in [3.63, 3.8) is 0 Å². The van der Waals surface area contributed by atoms with Gasteiger partial charge in [-0.25, -0.2) is 9.97 Å². The molecule has 0 atom stereocenters. The van der Waals surface area contributed by atoms with Crippen LogP contribution in [0.15, 0.2) is 0 Å². The number of H-pyrrole nitrogens is 1. The van der Waals surface area contributed by atoms with Crippen LogP contribution in [0.3, 0.4) is 0 Å². The number of fused-ring (bicyclic) bond motifs is 1. The van der Waals surface area contributed by atoms with E-state index in [1.807, 2.05) is 13.8 Å². The number of aliphatic hydroxyl groups excluding tert-OH is 1. The quantitative estimate of drug-likeness (QED) is 0.795. The topological polar surface area (TPSA) is 61.8 Å². The monoisotopic (exact) mass is 233 g/mol. The second kappa shape index (κ2) is 3.81. The molecule has 0 aliphatic carbocycles. The van der Waals surface area contributed by atoms with Crippen LogP contribution in [0.2, 0.25) is 0 Å². The highest BCUT2D eigenvalue weighted by atomic mass is 16.3. The van der Waals surface area contributed by atoms with E-state index in [1.165, 1.54) is 0 Å². The van der Waals surface area contributed by atoms with E-state index in [0.717, 1.165) is 33.8 Å². The van der Waals surface area contributed by atoms with Crippen LogP contribution in [0.5, 0.6) is 0 Å². The molecule has 2 heterocycles. The van der Waals surface area contributed by atoms with Crippen molar-refractivity contribution in [2.45, 2.75) is 46.6 Å². The fourth-order valence-corrected chi connectivity index (χ4v) is 2.28. The summed E-state index contributed by atoms with van der Waals surface area (Å²) < 4.78 is 0. The van der Waals surface area contributed by atoms with Gasteiger partial charge in [-0.15, -0.1) is 0 Å². The molecule has 0 bridgehead atoms. The average molecular weight is 233 g/mol. The van der Waals surface area contributed by atoms with Gasteiger partial charge in [0.2, 0.25) is 0 Å². The summed E-state index contributed by atoms with van der Waals surface area (Å²) >= 11 is 0. The first-order valence-electron chi connectivity index (χ1n) is 5.81. The van der Waals surface area contributed by atoms with Crippen LogP contribution >= 0.6 is 0 Å². The molecular weight excluding hydrogens is 214 g/mol. The highest BCUT2D eigenvalue weighted by molar-refractivity contribution is 5.84. The summed E-state index contributed by atoms with van der Waals surface area (Å²) in [5.41, 5.74) is 3.66. The fraction of sp³-hybridized carbons (Fsp3) is 0.538. The standard InChI is InChI=1S/C13H19N3O/c1-7-10-9(6-17)11(13(3,4)5)16-12(10)15-8(2)14-7/h17H,6H2,1-5H3,(H,14,15,16). The summed E-state index contributed by atoms with van der Waals surface area (Å²) in [4.78, 5) is 12.1. The van der Waals surface area contributed by atoms with Crippen LogP contribution in [-0.2, 0) is 12.0 Å². The maximum atomic E-state index is 9.59. The van der Waals surface area contributed by atoms with E-state index in [2.05, 4.69) is 35.7 Å². The number of nitrogens with zero attached hydrogens (tertiary/aromatic N) is 2. The van der Waals surface area contributed by atoms with Gasteiger partial charge in [0.25, 0.3) is 0 Å². The Kier molecular flexibility index (Phi) is 2.70. The van der Waals surface area contributed by atoms with E-state index < -0.39 is 0 Å². The number of aliphatic hydroxyl groups is 1. The minimum atomic E-state index is -0.0426. The lowest BCUT2D eigenvalue weighted by Gasteiger charge is -2.18. The molecule has 17 heavy (non-hydrogen) atoms. The van der Waals surface area contributed by atoms with Crippen molar-refractivity contribution in [2.24, 2.45) is 0 Å². The van der Waals surface area contributed by atoms with Gasteiger partial charge in [0, 0.05) is 22.1 Å². The molecule has 0 saturated heterocycles. The van der Waals surface area contributed by atoms with E-state index in [0.29, 0.717) is 0 Å². The predicted molar refractivity (Wildman–Crippen MR) is 68.0 cm³/mol. The van der Waals surface area contributed by atoms with Gasteiger partial charge >= 0.3 is 0 Å². The van der Waals surface area contributed by atoms with Crippen LogP contribution in [-0.4, -0.2) is 20.1 Å². The van der Waals surface area contributed by atoms with Crippen molar-refractivity contribution in [1.29, 1.82) is 0 Å². The van der Waals surface area contributed by atoms with Crippen molar-refractivity contribution in [3.8, 4) is 0 Å². The summed E-state index contributed by atoms with van der Waals surface area (Å²) in [6.45, 7) is 10.2. The molecule has 2 N–H and O–H groups in total.